The Morgan fingerprint density at radius 2 is 2.37 bits per heavy atom. The van der Waals surface area contributed by atoms with Crippen LogP contribution in [0, 0.1) is 5.82 Å². The summed E-state index contributed by atoms with van der Waals surface area (Å²) in [5.74, 6) is 0.311. The van der Waals surface area contributed by atoms with Crippen molar-refractivity contribution < 1.29 is 18.3 Å². The maximum absolute atomic E-state index is 13.0. The number of nitrogens with one attached hydrogen (secondary N) is 1. The summed E-state index contributed by atoms with van der Waals surface area (Å²) in [7, 11) is 0. The Kier molecular flexibility index (Phi) is 2.91. The molecule has 1 amide bonds. The van der Waals surface area contributed by atoms with E-state index in [1.165, 1.54) is 12.1 Å². The van der Waals surface area contributed by atoms with Gasteiger partial charge in [-0.2, -0.15) is 0 Å². The van der Waals surface area contributed by atoms with Gasteiger partial charge in [-0.25, -0.2) is 9.37 Å². The normalized spacial score (nSPS) is 13.8. The van der Waals surface area contributed by atoms with Crippen LogP contribution in [0.3, 0.4) is 0 Å². The van der Waals surface area contributed by atoms with Gasteiger partial charge >= 0.3 is 0 Å². The number of ether oxygens (including phenoxy) is 1. The van der Waals surface area contributed by atoms with E-state index < -0.39 is 0 Å². The van der Waals surface area contributed by atoms with Crippen LogP contribution in [0.2, 0.25) is 0 Å². The van der Waals surface area contributed by atoms with Crippen LogP contribution in [-0.4, -0.2) is 17.4 Å². The predicted octanol–water partition coefficient (Wildman–Crippen LogP) is 1.68. The number of hydrogen-bond acceptors (Lipinski definition) is 4. The molecular formula is C13H11FN2O3. The predicted molar refractivity (Wildman–Crippen MR) is 63.3 cm³/mol. The molecule has 0 unspecified atom stereocenters. The van der Waals surface area contributed by atoms with Crippen molar-refractivity contribution in [3.8, 4) is 5.75 Å². The van der Waals surface area contributed by atoms with Crippen LogP contribution in [0.1, 0.15) is 22.1 Å². The number of aromatic nitrogens is 1. The number of fused-ring (bicyclic) bond motifs is 1. The van der Waals surface area contributed by atoms with E-state index in [2.05, 4.69) is 10.3 Å². The molecule has 0 bridgehead atoms. The third-order valence-corrected chi connectivity index (χ3v) is 2.75. The number of carbonyl (C=O) groups excluding carboxylic acids is 1. The molecule has 0 atom stereocenters. The van der Waals surface area contributed by atoms with Crippen molar-refractivity contribution in [2.75, 3.05) is 6.54 Å². The molecular weight excluding hydrogens is 251 g/mol. The first-order valence-electron chi connectivity index (χ1n) is 5.87. The molecule has 2 aromatic rings. The van der Waals surface area contributed by atoms with E-state index in [1.54, 1.807) is 12.1 Å². The Hall–Kier alpha value is -2.37. The molecule has 1 N–H and O–H groups in total. The van der Waals surface area contributed by atoms with Crippen molar-refractivity contribution >= 4 is 5.91 Å². The Balaban J connectivity index is 1.72. The van der Waals surface area contributed by atoms with Crippen LogP contribution in [0.5, 0.6) is 5.75 Å². The van der Waals surface area contributed by atoms with Gasteiger partial charge in [0.15, 0.2) is 6.61 Å². The zero-order chi connectivity index (χ0) is 13.2. The fourth-order valence-electron chi connectivity index (χ4n) is 1.89. The summed E-state index contributed by atoms with van der Waals surface area (Å²) in [6, 6.07) is 5.80. The highest BCUT2D eigenvalue weighted by atomic mass is 19.1. The van der Waals surface area contributed by atoms with Crippen molar-refractivity contribution in [3.63, 3.8) is 0 Å². The molecule has 0 saturated carbocycles. The second-order valence-corrected chi connectivity index (χ2v) is 4.14. The molecule has 0 spiro atoms. The molecule has 3 rings (SSSR count). The summed E-state index contributed by atoms with van der Waals surface area (Å²) in [5, 5.41) is 2.67. The first kappa shape index (κ1) is 11.7. The van der Waals surface area contributed by atoms with E-state index in [0.29, 0.717) is 30.3 Å². The number of benzene rings is 1. The van der Waals surface area contributed by atoms with Gasteiger partial charge < -0.3 is 14.5 Å². The molecule has 0 aliphatic carbocycles. The number of oxazole rings is 1. The molecule has 19 heavy (non-hydrogen) atoms. The molecule has 0 fully saturated rings. The molecule has 1 aliphatic heterocycles. The minimum absolute atomic E-state index is 0.0593. The maximum Gasteiger partial charge on any atom is 0.289 e. The SMILES string of the molecule is O=C1NCCc2nc(COc3cccc(F)c3)oc21. The molecule has 98 valence electrons. The van der Waals surface area contributed by atoms with Crippen molar-refractivity contribution in [2.24, 2.45) is 0 Å². The fraction of sp³-hybridized carbons (Fsp3) is 0.231. The van der Waals surface area contributed by atoms with Crippen molar-refractivity contribution in [2.45, 2.75) is 13.0 Å². The molecule has 0 saturated heterocycles. The molecule has 2 heterocycles. The van der Waals surface area contributed by atoms with Crippen LogP contribution in [-0.2, 0) is 13.0 Å². The smallest absolute Gasteiger partial charge is 0.289 e. The molecule has 6 heteroatoms. The average Bonchev–Trinajstić information content (AvgIpc) is 2.81. The lowest BCUT2D eigenvalue weighted by atomic mass is 10.2. The Labute approximate surface area is 108 Å². The quantitative estimate of drug-likeness (QED) is 0.914. The van der Waals surface area contributed by atoms with E-state index in [9.17, 15) is 9.18 Å². The summed E-state index contributed by atoms with van der Waals surface area (Å²) >= 11 is 0. The lowest BCUT2D eigenvalue weighted by molar-refractivity contribution is 0.0912. The van der Waals surface area contributed by atoms with Gasteiger partial charge in [-0.1, -0.05) is 6.07 Å². The van der Waals surface area contributed by atoms with Crippen molar-refractivity contribution in [3.05, 3.63) is 47.4 Å². The summed E-state index contributed by atoms with van der Waals surface area (Å²) in [6.45, 7) is 0.617. The summed E-state index contributed by atoms with van der Waals surface area (Å²) < 4.78 is 23.6. The Morgan fingerprint density at radius 3 is 3.16 bits per heavy atom. The van der Waals surface area contributed by atoms with Gasteiger partial charge in [0.1, 0.15) is 11.6 Å². The third-order valence-electron chi connectivity index (χ3n) is 2.75. The molecule has 0 radical (unpaired) electrons. The van der Waals surface area contributed by atoms with Gasteiger partial charge in [0.25, 0.3) is 5.91 Å². The fourth-order valence-corrected chi connectivity index (χ4v) is 1.89. The monoisotopic (exact) mass is 262 g/mol. The first-order valence-corrected chi connectivity index (χ1v) is 5.87. The van der Waals surface area contributed by atoms with Gasteiger partial charge in [0.05, 0.1) is 5.69 Å². The minimum Gasteiger partial charge on any atom is -0.484 e. The number of hydrogen-bond donors (Lipinski definition) is 1. The summed E-state index contributed by atoms with van der Waals surface area (Å²) in [4.78, 5) is 15.7. The second kappa shape index (κ2) is 4.72. The maximum atomic E-state index is 13.0. The van der Waals surface area contributed by atoms with E-state index >= 15 is 0 Å². The van der Waals surface area contributed by atoms with Gasteiger partial charge in [-0.3, -0.25) is 4.79 Å². The topological polar surface area (TPSA) is 64.4 Å². The summed E-state index contributed by atoms with van der Waals surface area (Å²) in [5.41, 5.74) is 0.640. The van der Waals surface area contributed by atoms with Crippen LogP contribution >= 0.6 is 0 Å². The Bertz CT molecular complexity index is 624. The highest BCUT2D eigenvalue weighted by Gasteiger charge is 2.23. The van der Waals surface area contributed by atoms with Gasteiger partial charge in [-0.05, 0) is 12.1 Å². The van der Waals surface area contributed by atoms with Crippen LogP contribution in [0.25, 0.3) is 0 Å². The lowest BCUT2D eigenvalue weighted by Crippen LogP contribution is -2.31. The van der Waals surface area contributed by atoms with Gasteiger partial charge in [0.2, 0.25) is 11.7 Å². The van der Waals surface area contributed by atoms with E-state index in [1.807, 2.05) is 0 Å². The first-order chi connectivity index (χ1) is 9.22. The van der Waals surface area contributed by atoms with E-state index in [4.69, 9.17) is 9.15 Å². The highest BCUT2D eigenvalue weighted by molar-refractivity contribution is 5.93. The number of carbonyl (C=O) groups is 1. The largest absolute Gasteiger partial charge is 0.484 e. The average molecular weight is 262 g/mol. The number of halogens is 1. The standard InChI is InChI=1S/C13H11FN2O3/c14-8-2-1-3-9(6-8)18-7-11-16-10-4-5-15-13(17)12(10)19-11/h1-3,6H,4-5,7H2,(H,15,17). The van der Waals surface area contributed by atoms with E-state index in [0.717, 1.165) is 0 Å². The Morgan fingerprint density at radius 1 is 1.47 bits per heavy atom. The second-order valence-electron chi connectivity index (χ2n) is 4.14. The third kappa shape index (κ3) is 2.42. The highest BCUT2D eigenvalue weighted by Crippen LogP contribution is 2.18. The minimum atomic E-state index is -0.372. The number of amides is 1. The van der Waals surface area contributed by atoms with Crippen molar-refractivity contribution in [1.29, 1.82) is 0 Å². The van der Waals surface area contributed by atoms with Gasteiger partial charge in [-0.15, -0.1) is 0 Å². The zero-order valence-corrected chi connectivity index (χ0v) is 9.98. The molecule has 1 aromatic heterocycles. The van der Waals surface area contributed by atoms with Gasteiger partial charge in [0, 0.05) is 19.0 Å². The van der Waals surface area contributed by atoms with Crippen LogP contribution < -0.4 is 10.1 Å². The molecule has 5 nitrogen and oxygen atoms in total. The number of rotatable bonds is 3. The van der Waals surface area contributed by atoms with E-state index in [-0.39, 0.29) is 24.1 Å². The lowest BCUT2D eigenvalue weighted by Gasteiger charge is -2.07. The molecule has 1 aliphatic rings. The van der Waals surface area contributed by atoms with Crippen LogP contribution in [0.15, 0.2) is 28.7 Å². The zero-order valence-electron chi connectivity index (χ0n) is 9.98. The summed E-state index contributed by atoms with van der Waals surface area (Å²) in [6.07, 6.45) is 0.643. The molecule has 1 aromatic carbocycles. The van der Waals surface area contributed by atoms with Crippen LogP contribution in [0.4, 0.5) is 4.39 Å². The van der Waals surface area contributed by atoms with Crippen molar-refractivity contribution in [1.82, 2.24) is 10.3 Å². The number of nitrogens with zero attached hydrogens (tertiary/aromatic N) is 1.